The smallest absolute Gasteiger partial charge is 0.241 e. The molecule has 0 fully saturated rings. The molecule has 2 rings (SSSR count). The van der Waals surface area contributed by atoms with E-state index < -0.39 is 6.10 Å². The molecule has 1 heterocycles. The third-order valence-corrected chi connectivity index (χ3v) is 2.68. The second-order valence-corrected chi connectivity index (χ2v) is 3.97. The molecule has 1 aromatic carbocycles. The molecular weight excluding hydrogens is 220 g/mol. The van der Waals surface area contributed by atoms with E-state index in [0.717, 1.165) is 11.3 Å². The molecule has 0 saturated heterocycles. The van der Waals surface area contributed by atoms with Crippen LogP contribution in [0.5, 0.6) is 0 Å². The topological polar surface area (TPSA) is 83.5 Å². The summed E-state index contributed by atoms with van der Waals surface area (Å²) in [5.41, 5.74) is 1.74. The maximum absolute atomic E-state index is 11.7. The van der Waals surface area contributed by atoms with Crippen molar-refractivity contribution in [3.8, 4) is 0 Å². The van der Waals surface area contributed by atoms with Gasteiger partial charge in [-0.2, -0.15) is 0 Å². The summed E-state index contributed by atoms with van der Waals surface area (Å²) < 4.78 is 0. The summed E-state index contributed by atoms with van der Waals surface area (Å²) in [5, 5.41) is 20.6. The van der Waals surface area contributed by atoms with Crippen LogP contribution < -0.4 is 10.3 Å². The van der Waals surface area contributed by atoms with E-state index in [4.69, 9.17) is 10.2 Å². The highest BCUT2D eigenvalue weighted by atomic mass is 16.3. The van der Waals surface area contributed by atoms with Gasteiger partial charge in [-0.25, -0.2) is 4.99 Å². The average molecular weight is 235 g/mol. The van der Waals surface area contributed by atoms with E-state index in [0.29, 0.717) is 0 Å². The number of anilines is 1. The molecule has 0 spiro atoms. The number of hydrogen-bond donors (Lipinski definition) is 4. The SMILES string of the molecule is O=C1Nc2ccccc2[C@H]1C=[NH+]C[C@H](O)CO. The Morgan fingerprint density at radius 2 is 2.24 bits per heavy atom. The first-order valence-corrected chi connectivity index (χ1v) is 5.48. The van der Waals surface area contributed by atoms with Crippen molar-refractivity contribution in [1.82, 2.24) is 0 Å². The van der Waals surface area contributed by atoms with Crippen molar-refractivity contribution in [3.05, 3.63) is 29.8 Å². The summed E-state index contributed by atoms with van der Waals surface area (Å²) in [5.74, 6) is -0.436. The van der Waals surface area contributed by atoms with Crippen LogP contribution in [0.1, 0.15) is 11.5 Å². The van der Waals surface area contributed by atoms with Crippen LogP contribution in [0.25, 0.3) is 0 Å². The average Bonchev–Trinajstić information content (AvgIpc) is 2.66. The Bertz CT molecular complexity index is 445. The van der Waals surface area contributed by atoms with E-state index in [1.54, 1.807) is 6.21 Å². The number of benzene rings is 1. The molecule has 1 amide bonds. The molecule has 5 nitrogen and oxygen atoms in total. The Morgan fingerprint density at radius 1 is 1.47 bits per heavy atom. The summed E-state index contributed by atoms with van der Waals surface area (Å²) in [7, 11) is 0. The second-order valence-electron chi connectivity index (χ2n) is 3.97. The number of rotatable bonds is 4. The van der Waals surface area contributed by atoms with Crippen LogP contribution in [0.2, 0.25) is 0 Å². The summed E-state index contributed by atoms with van der Waals surface area (Å²) in [6.07, 6.45) is 0.825. The minimum atomic E-state index is -0.814. The largest absolute Gasteiger partial charge is 0.393 e. The summed E-state index contributed by atoms with van der Waals surface area (Å²) in [6, 6.07) is 7.48. The number of nitrogens with one attached hydrogen (secondary N) is 2. The zero-order valence-electron chi connectivity index (χ0n) is 9.26. The Hall–Kier alpha value is -1.72. The number of aliphatic hydroxyl groups is 2. The first kappa shape index (κ1) is 11.8. The molecule has 4 N–H and O–H groups in total. The summed E-state index contributed by atoms with van der Waals surface area (Å²) >= 11 is 0. The molecule has 0 aliphatic carbocycles. The minimum Gasteiger partial charge on any atom is -0.393 e. The van der Waals surface area contributed by atoms with E-state index in [1.165, 1.54) is 0 Å². The fourth-order valence-corrected chi connectivity index (χ4v) is 1.79. The van der Waals surface area contributed by atoms with E-state index in [2.05, 4.69) is 10.3 Å². The minimum absolute atomic E-state index is 0.0859. The van der Waals surface area contributed by atoms with Crippen molar-refractivity contribution in [1.29, 1.82) is 0 Å². The maximum Gasteiger partial charge on any atom is 0.241 e. The van der Waals surface area contributed by atoms with Crippen molar-refractivity contribution < 1.29 is 20.0 Å². The van der Waals surface area contributed by atoms with Gasteiger partial charge in [-0.1, -0.05) is 18.2 Å². The third kappa shape index (κ3) is 2.51. The molecule has 17 heavy (non-hydrogen) atoms. The van der Waals surface area contributed by atoms with Crippen molar-refractivity contribution in [2.24, 2.45) is 0 Å². The molecule has 0 bridgehead atoms. The van der Waals surface area contributed by atoms with E-state index in [9.17, 15) is 4.79 Å². The molecule has 2 atom stereocenters. The predicted octanol–water partition coefficient (Wildman–Crippen LogP) is -1.77. The van der Waals surface area contributed by atoms with Gasteiger partial charge in [0.15, 0.2) is 12.8 Å². The Balaban J connectivity index is 2.09. The number of amides is 1. The van der Waals surface area contributed by atoms with Crippen LogP contribution in [-0.2, 0) is 4.79 Å². The number of aliphatic hydroxyl groups excluding tert-OH is 2. The van der Waals surface area contributed by atoms with Gasteiger partial charge in [0.25, 0.3) is 0 Å². The molecule has 5 heteroatoms. The Labute approximate surface area is 98.8 Å². The molecule has 0 saturated carbocycles. The molecule has 0 unspecified atom stereocenters. The van der Waals surface area contributed by atoms with Crippen LogP contribution >= 0.6 is 0 Å². The van der Waals surface area contributed by atoms with Crippen LogP contribution in [0.4, 0.5) is 5.69 Å². The van der Waals surface area contributed by atoms with Crippen molar-refractivity contribution in [2.75, 3.05) is 18.5 Å². The zero-order chi connectivity index (χ0) is 12.3. The van der Waals surface area contributed by atoms with Crippen molar-refractivity contribution in [3.63, 3.8) is 0 Å². The van der Waals surface area contributed by atoms with Crippen LogP contribution in [-0.4, -0.2) is 41.6 Å². The lowest BCUT2D eigenvalue weighted by molar-refractivity contribution is -0.466. The van der Waals surface area contributed by atoms with E-state index >= 15 is 0 Å². The quantitative estimate of drug-likeness (QED) is 0.466. The first-order valence-electron chi connectivity index (χ1n) is 5.48. The molecule has 0 radical (unpaired) electrons. The van der Waals surface area contributed by atoms with Gasteiger partial charge in [0.2, 0.25) is 5.91 Å². The molecule has 0 aromatic heterocycles. The fourth-order valence-electron chi connectivity index (χ4n) is 1.79. The highest BCUT2D eigenvalue weighted by Gasteiger charge is 2.30. The van der Waals surface area contributed by atoms with Gasteiger partial charge in [0.05, 0.1) is 6.61 Å². The van der Waals surface area contributed by atoms with Gasteiger partial charge in [-0.05, 0) is 11.6 Å². The molecule has 90 valence electrons. The normalized spacial score (nSPS) is 20.4. The number of carbonyl (C=O) groups is 1. The first-order chi connectivity index (χ1) is 8.22. The van der Waals surface area contributed by atoms with Gasteiger partial charge in [0.1, 0.15) is 12.0 Å². The summed E-state index contributed by atoms with van der Waals surface area (Å²) in [4.78, 5) is 14.5. The fraction of sp³-hybridized carbons (Fsp3) is 0.333. The predicted molar refractivity (Wildman–Crippen MR) is 62.8 cm³/mol. The highest BCUT2D eigenvalue weighted by Crippen LogP contribution is 2.29. The van der Waals surface area contributed by atoms with E-state index in [-0.39, 0.29) is 25.0 Å². The zero-order valence-corrected chi connectivity index (χ0v) is 9.26. The van der Waals surface area contributed by atoms with Gasteiger partial charge in [0, 0.05) is 5.69 Å². The standard InChI is InChI=1S/C12H14N2O3/c15-7-8(16)5-13-6-10-9-3-1-2-4-11(9)14-12(10)17/h1-4,6,8,10,15-16H,5,7H2,(H,14,17)/p+1/t8-,10+/m0/s1. The Kier molecular flexibility index (Phi) is 3.51. The van der Waals surface area contributed by atoms with Crippen LogP contribution in [0, 0.1) is 0 Å². The van der Waals surface area contributed by atoms with Crippen LogP contribution in [0.15, 0.2) is 24.3 Å². The lowest BCUT2D eigenvalue weighted by Crippen LogP contribution is -2.73. The van der Waals surface area contributed by atoms with E-state index in [1.807, 2.05) is 24.3 Å². The Morgan fingerprint density at radius 3 is 3.00 bits per heavy atom. The van der Waals surface area contributed by atoms with Gasteiger partial charge >= 0.3 is 0 Å². The molecule has 1 aliphatic rings. The highest BCUT2D eigenvalue weighted by molar-refractivity contribution is 6.11. The lowest BCUT2D eigenvalue weighted by atomic mass is 10.0. The van der Waals surface area contributed by atoms with Gasteiger partial charge in [-0.3, -0.25) is 4.79 Å². The van der Waals surface area contributed by atoms with Crippen LogP contribution in [0.3, 0.4) is 0 Å². The number of para-hydroxylation sites is 1. The second kappa shape index (κ2) is 5.07. The lowest BCUT2D eigenvalue weighted by Gasteiger charge is -2.00. The maximum atomic E-state index is 11.7. The number of carbonyl (C=O) groups excluding carboxylic acids is 1. The summed E-state index contributed by atoms with van der Waals surface area (Å²) in [6.45, 7) is -0.0727. The third-order valence-electron chi connectivity index (χ3n) is 2.68. The van der Waals surface area contributed by atoms with Crippen molar-refractivity contribution >= 4 is 17.8 Å². The number of fused-ring (bicyclic) bond motifs is 1. The number of hydrogen-bond acceptors (Lipinski definition) is 3. The molecule has 1 aromatic rings. The molecule has 1 aliphatic heterocycles. The monoisotopic (exact) mass is 235 g/mol. The van der Waals surface area contributed by atoms with Gasteiger partial charge < -0.3 is 15.5 Å². The van der Waals surface area contributed by atoms with Gasteiger partial charge in [-0.15, -0.1) is 0 Å². The van der Waals surface area contributed by atoms with Crippen molar-refractivity contribution in [2.45, 2.75) is 12.0 Å². The molecular formula is C12H15N2O3+.